The molecule has 1 aliphatic heterocycles. The monoisotopic (exact) mass is 559 g/mol. The van der Waals surface area contributed by atoms with Crippen LogP contribution in [0.4, 0.5) is 0 Å². The summed E-state index contributed by atoms with van der Waals surface area (Å²) in [6.45, 7) is -0.517. The summed E-state index contributed by atoms with van der Waals surface area (Å²) in [5.41, 5.74) is 0.238. The second-order valence-corrected chi connectivity index (χ2v) is 9.19. The zero-order valence-corrected chi connectivity index (χ0v) is 21.2. The van der Waals surface area contributed by atoms with E-state index >= 15 is 0 Å². The zero-order chi connectivity index (χ0) is 25.0. The maximum absolute atomic E-state index is 13.2. The van der Waals surface area contributed by atoms with E-state index in [1.54, 1.807) is 30.3 Å². The minimum Gasteiger partial charge on any atom is -0.468 e. The van der Waals surface area contributed by atoms with Gasteiger partial charge in [-0.15, -0.1) is 0 Å². The molecule has 0 aromatic heterocycles. The Balaban J connectivity index is 2.04. The van der Waals surface area contributed by atoms with E-state index in [0.29, 0.717) is 19.3 Å². The van der Waals surface area contributed by atoms with Gasteiger partial charge in [0.2, 0.25) is 6.41 Å². The minimum absolute atomic E-state index is 0.130. The molecule has 0 bridgehead atoms. The number of rotatable bonds is 13. The fraction of sp³-hybridized carbons (Fsp3) is 0.381. The molecular formula is C21H27BrN3O8P. The molecule has 2 N–H and O–H groups in total. The minimum atomic E-state index is -3.95. The van der Waals surface area contributed by atoms with Gasteiger partial charge >= 0.3 is 13.7 Å². The van der Waals surface area contributed by atoms with Crippen molar-refractivity contribution in [2.75, 3.05) is 27.3 Å². The van der Waals surface area contributed by atoms with Crippen LogP contribution in [-0.4, -0.2) is 62.8 Å². The lowest BCUT2D eigenvalue weighted by Crippen LogP contribution is -2.32. The Bertz CT molecular complexity index is 943. The largest absolute Gasteiger partial charge is 0.468 e. The third kappa shape index (κ3) is 8.69. The summed E-state index contributed by atoms with van der Waals surface area (Å²) < 4.78 is 34.7. The quantitative estimate of drug-likeness (QED) is 0.123. The van der Waals surface area contributed by atoms with Gasteiger partial charge in [-0.05, 0) is 36.0 Å². The van der Waals surface area contributed by atoms with E-state index in [2.05, 4.69) is 31.1 Å². The lowest BCUT2D eigenvalue weighted by atomic mass is 10.2. The standard InChI is InChI=1S/C21H27BrN3O8P/c1-23-21(28)16(10-11-22)13-25(15-26)19-9-8-18(32-19)14-31-34(29,24-12-20(27)30-2)33-17-6-4-3-5-7-17/h3-7,10-11,13,15,18-19H,8-9,12,14H2,1-2H3,(H,23,28)(H,24,29)/b11-10+,16-13-. The molecule has 1 heterocycles. The van der Waals surface area contributed by atoms with Crippen LogP contribution in [0, 0.1) is 0 Å². The molecule has 0 aliphatic carbocycles. The Morgan fingerprint density at radius 1 is 1.29 bits per heavy atom. The SMILES string of the molecule is CNC(=O)C(=C\N(C=O)C1CCC(COP(=O)(NCC(=O)OC)Oc2ccccc2)O1)/C=C/Br. The van der Waals surface area contributed by atoms with Crippen molar-refractivity contribution >= 4 is 42.0 Å². The van der Waals surface area contributed by atoms with E-state index in [-0.39, 0.29) is 30.4 Å². The Kier molecular flexibility index (Phi) is 11.4. The highest BCUT2D eigenvalue weighted by molar-refractivity contribution is 9.11. The fourth-order valence-corrected chi connectivity index (χ4v) is 4.48. The van der Waals surface area contributed by atoms with Crippen LogP contribution in [0.3, 0.4) is 0 Å². The summed E-state index contributed by atoms with van der Waals surface area (Å²) in [5.74, 6) is -0.737. The van der Waals surface area contributed by atoms with Gasteiger partial charge in [-0.3, -0.25) is 23.8 Å². The normalized spacial score (nSPS) is 19.9. The number of halogens is 1. The van der Waals surface area contributed by atoms with Crippen molar-refractivity contribution in [2.45, 2.75) is 25.2 Å². The first-order valence-electron chi connectivity index (χ1n) is 10.2. The maximum atomic E-state index is 13.2. The molecule has 2 amide bonds. The molecule has 11 nitrogen and oxygen atoms in total. The molecule has 1 saturated heterocycles. The second-order valence-electron chi connectivity index (χ2n) is 6.91. The molecule has 3 atom stereocenters. The fourth-order valence-electron chi connectivity index (χ4n) is 2.90. The summed E-state index contributed by atoms with van der Waals surface area (Å²) >= 11 is 3.11. The average molecular weight is 560 g/mol. The number of esters is 1. The van der Waals surface area contributed by atoms with Gasteiger partial charge in [-0.25, -0.2) is 9.65 Å². The molecule has 1 fully saturated rings. The molecule has 34 heavy (non-hydrogen) atoms. The number of nitrogens with zero attached hydrogens (tertiary/aromatic N) is 1. The van der Waals surface area contributed by atoms with Crippen LogP contribution in [0.15, 0.2) is 53.2 Å². The van der Waals surface area contributed by atoms with Gasteiger partial charge in [0.1, 0.15) is 18.5 Å². The van der Waals surface area contributed by atoms with E-state index in [4.69, 9.17) is 13.8 Å². The highest BCUT2D eigenvalue weighted by atomic mass is 79.9. The summed E-state index contributed by atoms with van der Waals surface area (Å²) in [5, 5.41) is 4.96. The first-order chi connectivity index (χ1) is 16.3. The van der Waals surface area contributed by atoms with Gasteiger partial charge in [0, 0.05) is 13.2 Å². The predicted octanol–water partition coefficient (Wildman–Crippen LogP) is 2.45. The first kappa shape index (κ1) is 27.7. The van der Waals surface area contributed by atoms with Gasteiger partial charge in [0.25, 0.3) is 5.91 Å². The lowest BCUT2D eigenvalue weighted by molar-refractivity contribution is -0.139. The molecule has 0 saturated carbocycles. The van der Waals surface area contributed by atoms with Crippen LogP contribution in [-0.2, 0) is 32.9 Å². The summed E-state index contributed by atoms with van der Waals surface area (Å²) in [4.78, 5) is 37.9. The third-order valence-corrected chi connectivity index (χ3v) is 6.35. The summed E-state index contributed by atoms with van der Waals surface area (Å²) in [6.07, 6.45) is 3.22. The number of ether oxygens (including phenoxy) is 2. The Hall–Kier alpha value is -2.50. The number of methoxy groups -OCH3 is 1. The van der Waals surface area contributed by atoms with E-state index in [0.717, 1.165) is 0 Å². The molecule has 1 aromatic carbocycles. The highest BCUT2D eigenvalue weighted by Gasteiger charge is 2.34. The summed E-state index contributed by atoms with van der Waals surface area (Å²) in [6, 6.07) is 8.35. The van der Waals surface area contributed by atoms with Crippen molar-refractivity contribution < 1.29 is 37.5 Å². The number of benzene rings is 1. The number of carbonyl (C=O) groups is 3. The highest BCUT2D eigenvalue weighted by Crippen LogP contribution is 2.44. The number of hydrogen-bond acceptors (Lipinski definition) is 8. The molecule has 3 unspecified atom stereocenters. The average Bonchev–Trinajstić information content (AvgIpc) is 3.33. The predicted molar refractivity (Wildman–Crippen MR) is 127 cm³/mol. The third-order valence-electron chi connectivity index (χ3n) is 4.60. The van der Waals surface area contributed by atoms with Gasteiger partial charge in [-0.1, -0.05) is 34.1 Å². The van der Waals surface area contributed by atoms with Crippen molar-refractivity contribution in [1.29, 1.82) is 0 Å². The molecule has 2 rings (SSSR count). The number of para-hydroxylation sites is 1. The topological polar surface area (TPSA) is 132 Å². The van der Waals surface area contributed by atoms with E-state index in [1.165, 1.54) is 36.3 Å². The molecule has 0 spiro atoms. The number of carbonyl (C=O) groups excluding carboxylic acids is 3. The number of likely N-dealkylation sites (N-methyl/N-ethyl adjacent to an activating group) is 1. The van der Waals surface area contributed by atoms with Crippen molar-refractivity contribution in [2.24, 2.45) is 0 Å². The van der Waals surface area contributed by atoms with Crippen LogP contribution >= 0.6 is 23.7 Å². The number of nitrogens with one attached hydrogen (secondary N) is 2. The second kappa shape index (κ2) is 14.0. The Morgan fingerprint density at radius 3 is 2.65 bits per heavy atom. The molecular weight excluding hydrogens is 533 g/mol. The van der Waals surface area contributed by atoms with Crippen LogP contribution < -0.4 is 14.9 Å². The Morgan fingerprint density at radius 2 is 2.03 bits per heavy atom. The van der Waals surface area contributed by atoms with Gasteiger partial charge < -0.3 is 19.3 Å². The van der Waals surface area contributed by atoms with Gasteiger partial charge in [0.05, 0.1) is 25.4 Å². The van der Waals surface area contributed by atoms with Crippen LogP contribution in [0.5, 0.6) is 5.75 Å². The van der Waals surface area contributed by atoms with E-state index in [1.807, 2.05) is 0 Å². The van der Waals surface area contributed by atoms with Crippen molar-refractivity contribution in [3.63, 3.8) is 0 Å². The van der Waals surface area contributed by atoms with Crippen LogP contribution in [0.25, 0.3) is 0 Å². The first-order valence-corrected chi connectivity index (χ1v) is 12.7. The maximum Gasteiger partial charge on any atom is 0.459 e. The van der Waals surface area contributed by atoms with Gasteiger partial charge in [-0.2, -0.15) is 0 Å². The Labute approximate surface area is 206 Å². The number of hydrogen-bond donors (Lipinski definition) is 2. The van der Waals surface area contributed by atoms with Crippen molar-refractivity contribution in [3.05, 3.63) is 53.2 Å². The molecule has 1 aromatic rings. The number of amides is 2. The van der Waals surface area contributed by atoms with Crippen molar-refractivity contribution in [1.82, 2.24) is 15.3 Å². The van der Waals surface area contributed by atoms with E-state index in [9.17, 15) is 18.9 Å². The molecule has 1 aliphatic rings. The van der Waals surface area contributed by atoms with Crippen molar-refractivity contribution in [3.8, 4) is 5.75 Å². The molecule has 0 radical (unpaired) electrons. The zero-order valence-electron chi connectivity index (χ0n) is 18.7. The van der Waals surface area contributed by atoms with Crippen LogP contribution in [0.2, 0.25) is 0 Å². The van der Waals surface area contributed by atoms with Gasteiger partial charge in [0.15, 0.2) is 0 Å². The lowest BCUT2D eigenvalue weighted by Gasteiger charge is -2.23. The van der Waals surface area contributed by atoms with E-state index < -0.39 is 26.0 Å². The summed E-state index contributed by atoms with van der Waals surface area (Å²) in [7, 11) is -1.27. The van der Waals surface area contributed by atoms with Crippen LogP contribution in [0.1, 0.15) is 12.8 Å². The smallest absolute Gasteiger partial charge is 0.459 e. The molecule has 13 heteroatoms. The molecule has 186 valence electrons.